The average Bonchev–Trinajstić information content (AvgIpc) is 3.10. The molecule has 0 bridgehead atoms. The van der Waals surface area contributed by atoms with Crippen molar-refractivity contribution in [2.45, 2.75) is 32.7 Å². The van der Waals surface area contributed by atoms with Gasteiger partial charge < -0.3 is 4.42 Å². The zero-order chi connectivity index (χ0) is 14.8. The number of nitrogens with zero attached hydrogens (tertiary/aromatic N) is 3. The quantitative estimate of drug-likeness (QED) is 0.867. The van der Waals surface area contributed by atoms with Crippen LogP contribution in [-0.4, -0.2) is 28.2 Å². The van der Waals surface area contributed by atoms with Crippen molar-refractivity contribution in [2.24, 2.45) is 5.92 Å². The van der Waals surface area contributed by atoms with Crippen molar-refractivity contribution in [3.8, 4) is 0 Å². The molecule has 21 heavy (non-hydrogen) atoms. The van der Waals surface area contributed by atoms with E-state index >= 15 is 0 Å². The highest BCUT2D eigenvalue weighted by Gasteiger charge is 2.29. The first-order valence-corrected chi connectivity index (χ1v) is 7.40. The highest BCUT2D eigenvalue weighted by atomic mass is 19.1. The Bertz CT molecular complexity index is 596. The number of benzene rings is 1. The molecule has 2 heterocycles. The van der Waals surface area contributed by atoms with Gasteiger partial charge in [-0.15, -0.1) is 10.2 Å². The van der Waals surface area contributed by atoms with E-state index in [1.807, 2.05) is 19.1 Å². The molecule has 112 valence electrons. The van der Waals surface area contributed by atoms with Crippen LogP contribution in [0.3, 0.4) is 0 Å². The summed E-state index contributed by atoms with van der Waals surface area (Å²) in [6, 6.07) is 6.98. The van der Waals surface area contributed by atoms with Gasteiger partial charge in [0.1, 0.15) is 5.82 Å². The fourth-order valence-corrected chi connectivity index (χ4v) is 2.97. The van der Waals surface area contributed by atoms with Crippen molar-refractivity contribution < 1.29 is 8.81 Å². The second kappa shape index (κ2) is 5.93. The molecule has 5 heteroatoms. The van der Waals surface area contributed by atoms with E-state index in [1.54, 1.807) is 0 Å². The molecule has 0 N–H and O–H groups in total. The Hall–Kier alpha value is -1.75. The van der Waals surface area contributed by atoms with E-state index in [2.05, 4.69) is 22.0 Å². The SMILES string of the molecule is Cc1nnc(C(C)N2CCC(Cc3ccc(F)cc3)C2)o1. The zero-order valence-electron chi connectivity index (χ0n) is 12.4. The summed E-state index contributed by atoms with van der Waals surface area (Å²) in [4.78, 5) is 2.38. The van der Waals surface area contributed by atoms with Crippen LogP contribution in [0.4, 0.5) is 4.39 Å². The first-order chi connectivity index (χ1) is 10.1. The summed E-state index contributed by atoms with van der Waals surface area (Å²) in [5, 5.41) is 8.00. The smallest absolute Gasteiger partial charge is 0.233 e. The Morgan fingerprint density at radius 3 is 2.76 bits per heavy atom. The first-order valence-electron chi connectivity index (χ1n) is 7.40. The van der Waals surface area contributed by atoms with Crippen LogP contribution in [-0.2, 0) is 6.42 Å². The second-order valence-electron chi connectivity index (χ2n) is 5.82. The number of rotatable bonds is 4. The molecule has 1 fully saturated rings. The lowest BCUT2D eigenvalue weighted by Gasteiger charge is -2.21. The van der Waals surface area contributed by atoms with Crippen LogP contribution in [0.15, 0.2) is 28.7 Å². The van der Waals surface area contributed by atoms with Crippen molar-refractivity contribution in [3.05, 3.63) is 47.4 Å². The fraction of sp³-hybridized carbons (Fsp3) is 0.500. The van der Waals surface area contributed by atoms with Crippen molar-refractivity contribution in [1.29, 1.82) is 0 Å². The molecule has 2 atom stereocenters. The van der Waals surface area contributed by atoms with E-state index in [1.165, 1.54) is 17.7 Å². The van der Waals surface area contributed by atoms with Gasteiger partial charge in [0.05, 0.1) is 6.04 Å². The van der Waals surface area contributed by atoms with Crippen LogP contribution in [0.25, 0.3) is 0 Å². The van der Waals surface area contributed by atoms with Crippen molar-refractivity contribution in [1.82, 2.24) is 15.1 Å². The standard InChI is InChI=1S/C16H20FN3O/c1-11(16-19-18-12(2)21-16)20-8-7-14(10-20)9-13-3-5-15(17)6-4-13/h3-6,11,14H,7-10H2,1-2H3. The third-order valence-electron chi connectivity index (χ3n) is 4.20. The van der Waals surface area contributed by atoms with Crippen LogP contribution >= 0.6 is 0 Å². The Morgan fingerprint density at radius 1 is 1.33 bits per heavy atom. The number of hydrogen-bond donors (Lipinski definition) is 0. The van der Waals surface area contributed by atoms with Crippen molar-refractivity contribution >= 4 is 0 Å². The fourth-order valence-electron chi connectivity index (χ4n) is 2.97. The minimum atomic E-state index is -0.174. The monoisotopic (exact) mass is 289 g/mol. The summed E-state index contributed by atoms with van der Waals surface area (Å²) in [7, 11) is 0. The summed E-state index contributed by atoms with van der Waals surface area (Å²) in [6.07, 6.45) is 2.14. The van der Waals surface area contributed by atoms with Gasteiger partial charge in [-0.2, -0.15) is 0 Å². The molecule has 0 amide bonds. The second-order valence-corrected chi connectivity index (χ2v) is 5.82. The zero-order valence-corrected chi connectivity index (χ0v) is 12.4. The molecule has 3 rings (SSSR count). The van der Waals surface area contributed by atoms with E-state index in [-0.39, 0.29) is 11.9 Å². The van der Waals surface area contributed by atoms with E-state index in [0.29, 0.717) is 17.7 Å². The molecule has 0 radical (unpaired) electrons. The van der Waals surface area contributed by atoms with Gasteiger partial charge in [-0.25, -0.2) is 4.39 Å². The predicted molar refractivity (Wildman–Crippen MR) is 77.2 cm³/mol. The molecular formula is C16H20FN3O. The van der Waals surface area contributed by atoms with Crippen LogP contribution in [0.5, 0.6) is 0 Å². The molecule has 1 aromatic heterocycles. The molecule has 0 aliphatic carbocycles. The third-order valence-corrected chi connectivity index (χ3v) is 4.20. The van der Waals surface area contributed by atoms with Gasteiger partial charge in [-0.3, -0.25) is 4.90 Å². The van der Waals surface area contributed by atoms with E-state index < -0.39 is 0 Å². The summed E-state index contributed by atoms with van der Waals surface area (Å²) in [5.74, 6) is 1.72. The molecule has 0 spiro atoms. The van der Waals surface area contributed by atoms with Gasteiger partial charge in [0, 0.05) is 13.5 Å². The van der Waals surface area contributed by atoms with E-state index in [9.17, 15) is 4.39 Å². The highest BCUT2D eigenvalue weighted by molar-refractivity contribution is 5.17. The topological polar surface area (TPSA) is 42.2 Å². The Morgan fingerprint density at radius 2 is 2.10 bits per heavy atom. The molecule has 4 nitrogen and oxygen atoms in total. The van der Waals surface area contributed by atoms with Crippen LogP contribution in [0, 0.1) is 18.7 Å². The molecular weight excluding hydrogens is 269 g/mol. The molecule has 2 aromatic rings. The summed E-state index contributed by atoms with van der Waals surface area (Å²) in [5.41, 5.74) is 1.20. The highest BCUT2D eigenvalue weighted by Crippen LogP contribution is 2.28. The minimum absolute atomic E-state index is 0.157. The summed E-state index contributed by atoms with van der Waals surface area (Å²) < 4.78 is 18.4. The Kier molecular flexibility index (Phi) is 4.01. The number of hydrogen-bond acceptors (Lipinski definition) is 4. The lowest BCUT2D eigenvalue weighted by Crippen LogP contribution is -2.25. The van der Waals surface area contributed by atoms with Gasteiger partial charge in [-0.05, 0) is 49.9 Å². The average molecular weight is 289 g/mol. The van der Waals surface area contributed by atoms with Crippen LogP contribution in [0.1, 0.15) is 36.7 Å². The van der Waals surface area contributed by atoms with E-state index in [4.69, 9.17) is 4.42 Å². The predicted octanol–water partition coefficient (Wildman–Crippen LogP) is 3.14. The maximum atomic E-state index is 12.9. The third kappa shape index (κ3) is 3.29. The number of aromatic nitrogens is 2. The normalized spacial score (nSPS) is 20.8. The van der Waals surface area contributed by atoms with Crippen LogP contribution < -0.4 is 0 Å². The van der Waals surface area contributed by atoms with Crippen molar-refractivity contribution in [2.75, 3.05) is 13.1 Å². The molecule has 1 aromatic carbocycles. The van der Waals surface area contributed by atoms with Crippen LogP contribution in [0.2, 0.25) is 0 Å². The Labute approximate surface area is 124 Å². The maximum absolute atomic E-state index is 12.9. The van der Waals surface area contributed by atoms with Gasteiger partial charge in [0.2, 0.25) is 11.8 Å². The number of likely N-dealkylation sites (tertiary alicyclic amines) is 1. The van der Waals surface area contributed by atoms with E-state index in [0.717, 1.165) is 25.9 Å². The minimum Gasteiger partial charge on any atom is -0.424 e. The molecule has 1 aliphatic rings. The summed E-state index contributed by atoms with van der Waals surface area (Å²) in [6.45, 7) is 5.96. The molecule has 0 saturated carbocycles. The van der Waals surface area contributed by atoms with Gasteiger partial charge in [-0.1, -0.05) is 12.1 Å². The number of halogens is 1. The lowest BCUT2D eigenvalue weighted by atomic mass is 9.99. The Balaban J connectivity index is 1.59. The maximum Gasteiger partial charge on any atom is 0.233 e. The first kappa shape index (κ1) is 14.2. The van der Waals surface area contributed by atoms with Gasteiger partial charge in [0.15, 0.2) is 0 Å². The lowest BCUT2D eigenvalue weighted by molar-refractivity contribution is 0.215. The summed E-state index contributed by atoms with van der Waals surface area (Å²) >= 11 is 0. The largest absolute Gasteiger partial charge is 0.424 e. The van der Waals surface area contributed by atoms with Crippen molar-refractivity contribution in [3.63, 3.8) is 0 Å². The van der Waals surface area contributed by atoms with Gasteiger partial charge >= 0.3 is 0 Å². The number of aryl methyl sites for hydroxylation is 1. The molecule has 1 aliphatic heterocycles. The molecule has 1 saturated heterocycles. The molecule has 2 unspecified atom stereocenters. The van der Waals surface area contributed by atoms with Gasteiger partial charge in [0.25, 0.3) is 0 Å².